The van der Waals surface area contributed by atoms with Gasteiger partial charge in [-0.3, -0.25) is 9.59 Å². The van der Waals surface area contributed by atoms with E-state index in [-0.39, 0.29) is 30.2 Å². The number of ether oxygens (including phenoxy) is 2. The van der Waals surface area contributed by atoms with Crippen molar-refractivity contribution in [3.05, 3.63) is 52.5 Å². The summed E-state index contributed by atoms with van der Waals surface area (Å²) < 4.78 is 11.6. The highest BCUT2D eigenvalue weighted by Gasteiger charge is 2.35. The molecule has 2 aromatic carbocycles. The molecule has 0 bridgehead atoms. The van der Waals surface area contributed by atoms with Crippen LogP contribution in [0.2, 0.25) is 0 Å². The van der Waals surface area contributed by atoms with Crippen LogP contribution < -0.4 is 19.7 Å². The topological polar surface area (TPSA) is 67.9 Å². The van der Waals surface area contributed by atoms with Gasteiger partial charge in [0.25, 0.3) is 0 Å². The molecule has 2 atom stereocenters. The second-order valence-corrected chi connectivity index (χ2v) is 8.10. The third-order valence-corrected chi connectivity index (χ3v) is 5.55. The van der Waals surface area contributed by atoms with Crippen LogP contribution >= 0.6 is 15.9 Å². The number of halogens is 1. The number of nitrogens with zero attached hydrogens (tertiary/aromatic N) is 1. The SMILES string of the molecule is COc1ccc(N2CC(C(=O)NC(C)Cc3ccc(Br)cc3)CC2=O)cc1OC. The Hall–Kier alpha value is -2.54. The maximum atomic E-state index is 12.7. The highest BCUT2D eigenvalue weighted by molar-refractivity contribution is 9.10. The molecule has 1 fully saturated rings. The van der Waals surface area contributed by atoms with Gasteiger partial charge >= 0.3 is 0 Å². The Balaban J connectivity index is 1.62. The lowest BCUT2D eigenvalue weighted by Crippen LogP contribution is -2.39. The fourth-order valence-electron chi connectivity index (χ4n) is 3.51. The summed E-state index contributed by atoms with van der Waals surface area (Å²) in [6, 6.07) is 13.3. The summed E-state index contributed by atoms with van der Waals surface area (Å²) >= 11 is 3.42. The molecule has 1 aliphatic heterocycles. The van der Waals surface area contributed by atoms with Crippen molar-refractivity contribution in [2.75, 3.05) is 25.7 Å². The molecular weight excluding hydrogens is 436 g/mol. The van der Waals surface area contributed by atoms with E-state index in [9.17, 15) is 9.59 Å². The van der Waals surface area contributed by atoms with Crippen LogP contribution in [0, 0.1) is 5.92 Å². The Morgan fingerprint density at radius 3 is 2.52 bits per heavy atom. The maximum Gasteiger partial charge on any atom is 0.227 e. The zero-order valence-electron chi connectivity index (χ0n) is 16.8. The van der Waals surface area contributed by atoms with Gasteiger partial charge in [-0.15, -0.1) is 0 Å². The average Bonchev–Trinajstić information content (AvgIpc) is 3.11. The molecule has 2 aromatic rings. The fourth-order valence-corrected chi connectivity index (χ4v) is 3.78. The zero-order valence-corrected chi connectivity index (χ0v) is 18.4. The first kappa shape index (κ1) is 21.2. The molecule has 1 aliphatic rings. The molecule has 1 N–H and O–H groups in total. The Labute approximate surface area is 179 Å². The quantitative estimate of drug-likeness (QED) is 0.685. The predicted octanol–water partition coefficient (Wildman–Crippen LogP) is 3.57. The standard InChI is InChI=1S/C22H25BrN2O4/c1-14(10-15-4-6-17(23)7-5-15)24-22(27)16-11-21(26)25(13-16)18-8-9-19(28-2)20(12-18)29-3/h4-9,12,14,16H,10-11,13H2,1-3H3,(H,24,27). The fraction of sp³-hybridized carbons (Fsp3) is 0.364. The molecule has 1 saturated heterocycles. The van der Waals surface area contributed by atoms with Crippen molar-refractivity contribution < 1.29 is 19.1 Å². The van der Waals surface area contributed by atoms with Crippen molar-refractivity contribution in [3.63, 3.8) is 0 Å². The highest BCUT2D eigenvalue weighted by Crippen LogP contribution is 2.34. The van der Waals surface area contributed by atoms with Crippen molar-refractivity contribution in [3.8, 4) is 11.5 Å². The van der Waals surface area contributed by atoms with Crippen molar-refractivity contribution in [2.45, 2.75) is 25.8 Å². The summed E-state index contributed by atoms with van der Waals surface area (Å²) in [5, 5.41) is 3.04. The molecule has 6 nitrogen and oxygen atoms in total. The Kier molecular flexibility index (Phi) is 6.79. The molecule has 2 amide bonds. The molecule has 0 spiro atoms. The van der Waals surface area contributed by atoms with Gasteiger partial charge in [-0.25, -0.2) is 0 Å². The normalized spacial score (nSPS) is 17.2. The highest BCUT2D eigenvalue weighted by atomic mass is 79.9. The number of nitrogens with one attached hydrogen (secondary N) is 1. The molecular formula is C22H25BrN2O4. The van der Waals surface area contributed by atoms with E-state index in [1.165, 1.54) is 0 Å². The maximum absolute atomic E-state index is 12.7. The van der Waals surface area contributed by atoms with Gasteiger partial charge in [0.05, 0.1) is 20.1 Å². The van der Waals surface area contributed by atoms with Crippen LogP contribution in [0.15, 0.2) is 46.9 Å². The number of carbonyl (C=O) groups excluding carboxylic acids is 2. The molecule has 0 radical (unpaired) electrons. The summed E-state index contributed by atoms with van der Waals surface area (Å²) in [4.78, 5) is 26.9. The second-order valence-electron chi connectivity index (χ2n) is 7.18. The Morgan fingerprint density at radius 1 is 1.17 bits per heavy atom. The van der Waals surface area contributed by atoms with Crippen molar-refractivity contribution in [1.29, 1.82) is 0 Å². The first-order valence-corrected chi connectivity index (χ1v) is 10.3. The lowest BCUT2D eigenvalue weighted by molar-refractivity contribution is -0.126. The number of amides is 2. The number of anilines is 1. The minimum absolute atomic E-state index is 0.0195. The summed E-state index contributed by atoms with van der Waals surface area (Å²) in [5.41, 5.74) is 1.85. The van der Waals surface area contributed by atoms with E-state index < -0.39 is 0 Å². The van der Waals surface area contributed by atoms with E-state index >= 15 is 0 Å². The lowest BCUT2D eigenvalue weighted by atomic mass is 10.0. The van der Waals surface area contributed by atoms with Gasteiger partial charge in [0.2, 0.25) is 11.8 Å². The van der Waals surface area contributed by atoms with Crippen LogP contribution in [0.3, 0.4) is 0 Å². The number of hydrogen-bond acceptors (Lipinski definition) is 4. The summed E-state index contributed by atoms with van der Waals surface area (Å²) in [5.74, 6) is 0.611. The molecule has 1 heterocycles. The number of rotatable bonds is 7. The molecule has 0 aromatic heterocycles. The average molecular weight is 461 g/mol. The van der Waals surface area contributed by atoms with Crippen LogP contribution in [-0.2, 0) is 16.0 Å². The molecule has 0 aliphatic carbocycles. The van der Waals surface area contributed by atoms with E-state index in [4.69, 9.17) is 9.47 Å². The van der Waals surface area contributed by atoms with Gasteiger partial charge < -0.3 is 19.7 Å². The largest absolute Gasteiger partial charge is 0.493 e. The number of hydrogen-bond donors (Lipinski definition) is 1. The summed E-state index contributed by atoms with van der Waals surface area (Å²) in [7, 11) is 3.12. The number of methoxy groups -OCH3 is 2. The van der Waals surface area contributed by atoms with E-state index in [2.05, 4.69) is 21.2 Å². The van der Waals surface area contributed by atoms with Crippen molar-refractivity contribution in [2.24, 2.45) is 5.92 Å². The predicted molar refractivity (Wildman–Crippen MR) is 115 cm³/mol. The third-order valence-electron chi connectivity index (χ3n) is 5.02. The van der Waals surface area contributed by atoms with Gasteiger partial charge in [-0.05, 0) is 43.2 Å². The number of carbonyl (C=O) groups is 2. The molecule has 2 unspecified atom stereocenters. The first-order valence-electron chi connectivity index (χ1n) is 9.48. The van der Waals surface area contributed by atoms with Crippen molar-refractivity contribution >= 4 is 33.4 Å². The van der Waals surface area contributed by atoms with Crippen LogP contribution in [-0.4, -0.2) is 38.6 Å². The summed E-state index contributed by atoms with van der Waals surface area (Å²) in [6.07, 6.45) is 0.935. The van der Waals surface area contributed by atoms with E-state index in [1.807, 2.05) is 31.2 Å². The van der Waals surface area contributed by atoms with Crippen molar-refractivity contribution in [1.82, 2.24) is 5.32 Å². The van der Waals surface area contributed by atoms with Gasteiger partial charge in [0, 0.05) is 35.2 Å². The smallest absolute Gasteiger partial charge is 0.227 e. The van der Waals surface area contributed by atoms with Crippen LogP contribution in [0.1, 0.15) is 18.9 Å². The van der Waals surface area contributed by atoms with Crippen LogP contribution in [0.5, 0.6) is 11.5 Å². The second kappa shape index (κ2) is 9.31. The third kappa shape index (κ3) is 5.09. The minimum Gasteiger partial charge on any atom is -0.493 e. The van der Waals surface area contributed by atoms with Gasteiger partial charge in [-0.1, -0.05) is 28.1 Å². The molecule has 3 rings (SSSR count). The Morgan fingerprint density at radius 2 is 1.86 bits per heavy atom. The first-order chi connectivity index (χ1) is 13.9. The molecule has 29 heavy (non-hydrogen) atoms. The summed E-state index contributed by atoms with van der Waals surface area (Å²) in [6.45, 7) is 2.33. The number of benzene rings is 2. The van der Waals surface area contributed by atoms with Crippen LogP contribution in [0.4, 0.5) is 5.69 Å². The monoisotopic (exact) mass is 460 g/mol. The lowest BCUT2D eigenvalue weighted by Gasteiger charge is -2.19. The van der Waals surface area contributed by atoms with Crippen LogP contribution in [0.25, 0.3) is 0 Å². The van der Waals surface area contributed by atoms with E-state index in [1.54, 1.807) is 37.3 Å². The minimum atomic E-state index is -0.372. The van der Waals surface area contributed by atoms with Gasteiger partial charge in [0.15, 0.2) is 11.5 Å². The Bertz CT molecular complexity index is 885. The van der Waals surface area contributed by atoms with Gasteiger partial charge in [0.1, 0.15) is 0 Å². The van der Waals surface area contributed by atoms with E-state index in [0.717, 1.165) is 16.5 Å². The molecule has 0 saturated carbocycles. The molecule has 154 valence electrons. The zero-order chi connectivity index (χ0) is 21.0. The van der Waals surface area contributed by atoms with Gasteiger partial charge in [-0.2, -0.15) is 0 Å². The van der Waals surface area contributed by atoms with E-state index in [0.29, 0.717) is 23.7 Å². The molecule has 7 heteroatoms.